The molecule has 0 aromatic heterocycles. The molecule has 0 saturated carbocycles. The van der Waals surface area contributed by atoms with Crippen molar-refractivity contribution in [3.63, 3.8) is 0 Å². The Morgan fingerprint density at radius 2 is 1.96 bits per heavy atom. The van der Waals surface area contributed by atoms with E-state index < -0.39 is 6.04 Å². The average molecular weight is 315 g/mol. The van der Waals surface area contributed by atoms with Crippen LogP contribution in [0.2, 0.25) is 0 Å². The zero-order chi connectivity index (χ0) is 16.2. The Kier molecular flexibility index (Phi) is 4.84. The summed E-state index contributed by atoms with van der Waals surface area (Å²) in [6, 6.07) is 5.27. The van der Waals surface area contributed by atoms with Crippen LogP contribution in [-0.2, 0) is 11.2 Å². The van der Waals surface area contributed by atoms with Gasteiger partial charge in [0, 0.05) is 30.9 Å². The average Bonchev–Trinajstić information content (AvgIpc) is 2.61. The zero-order valence-electron chi connectivity index (χ0n) is 13.7. The molecule has 1 saturated heterocycles. The number of hydrogen-bond donors (Lipinski definition) is 2. The van der Waals surface area contributed by atoms with Crippen LogP contribution in [0.3, 0.4) is 0 Å². The van der Waals surface area contributed by atoms with E-state index in [1.165, 1.54) is 6.42 Å². The number of carbonyl (C=O) groups is 2. The van der Waals surface area contributed by atoms with E-state index in [-0.39, 0.29) is 11.8 Å². The predicted molar refractivity (Wildman–Crippen MR) is 90.6 cm³/mol. The van der Waals surface area contributed by atoms with Crippen LogP contribution < -0.4 is 10.6 Å². The van der Waals surface area contributed by atoms with Crippen LogP contribution in [0.15, 0.2) is 18.2 Å². The molecule has 0 aliphatic carbocycles. The summed E-state index contributed by atoms with van der Waals surface area (Å²) in [6.45, 7) is 4.35. The van der Waals surface area contributed by atoms with E-state index in [1.54, 1.807) is 6.92 Å². The molecule has 1 unspecified atom stereocenters. The van der Waals surface area contributed by atoms with Crippen LogP contribution in [0, 0.1) is 0 Å². The number of carbonyl (C=O) groups excluding carboxylic acids is 2. The van der Waals surface area contributed by atoms with Crippen LogP contribution in [0.4, 0.5) is 5.69 Å². The summed E-state index contributed by atoms with van der Waals surface area (Å²) < 4.78 is 0. The van der Waals surface area contributed by atoms with Crippen molar-refractivity contribution in [2.75, 3.05) is 25.0 Å². The molecule has 2 N–H and O–H groups in total. The molecular formula is C18H25N3O2. The third-order valence-electron chi connectivity index (χ3n) is 4.73. The lowest BCUT2D eigenvalue weighted by Crippen LogP contribution is -2.48. The smallest absolute Gasteiger partial charge is 0.252 e. The van der Waals surface area contributed by atoms with Crippen molar-refractivity contribution >= 4 is 17.5 Å². The molecule has 1 atom stereocenters. The lowest BCUT2D eigenvalue weighted by Gasteiger charge is -2.29. The van der Waals surface area contributed by atoms with Gasteiger partial charge in [0.05, 0.1) is 0 Å². The summed E-state index contributed by atoms with van der Waals surface area (Å²) in [7, 11) is 0. The fraction of sp³-hybridized carbons (Fsp3) is 0.556. The molecule has 5 heteroatoms. The molecular weight excluding hydrogens is 290 g/mol. The van der Waals surface area contributed by atoms with E-state index in [2.05, 4.69) is 10.6 Å². The summed E-state index contributed by atoms with van der Waals surface area (Å²) in [5.41, 5.74) is 2.79. The summed E-state index contributed by atoms with van der Waals surface area (Å²) in [5.74, 6) is -0.121. The van der Waals surface area contributed by atoms with Crippen molar-refractivity contribution < 1.29 is 9.59 Å². The van der Waals surface area contributed by atoms with Gasteiger partial charge >= 0.3 is 0 Å². The zero-order valence-corrected chi connectivity index (χ0v) is 13.7. The van der Waals surface area contributed by atoms with Gasteiger partial charge in [-0.1, -0.05) is 6.07 Å². The second-order valence-electron chi connectivity index (χ2n) is 6.44. The van der Waals surface area contributed by atoms with Gasteiger partial charge < -0.3 is 15.5 Å². The normalized spacial score (nSPS) is 18.6. The molecule has 2 aliphatic rings. The number of anilines is 1. The van der Waals surface area contributed by atoms with E-state index in [4.69, 9.17) is 0 Å². The highest BCUT2D eigenvalue weighted by atomic mass is 16.2. The number of nitrogens with zero attached hydrogens (tertiary/aromatic N) is 1. The molecule has 1 aromatic rings. The minimum absolute atomic E-state index is 0.0287. The van der Waals surface area contributed by atoms with Crippen molar-refractivity contribution in [1.29, 1.82) is 0 Å². The molecule has 2 aliphatic heterocycles. The summed E-state index contributed by atoms with van der Waals surface area (Å²) in [6.07, 6.45) is 5.24. The highest BCUT2D eigenvalue weighted by Crippen LogP contribution is 2.25. The van der Waals surface area contributed by atoms with Gasteiger partial charge in [0.15, 0.2) is 0 Å². The number of fused-ring (bicyclic) bond motifs is 1. The molecule has 3 rings (SSSR count). The Morgan fingerprint density at radius 3 is 2.74 bits per heavy atom. The van der Waals surface area contributed by atoms with Gasteiger partial charge in [-0.15, -0.1) is 0 Å². The predicted octanol–water partition coefficient (Wildman–Crippen LogP) is 2.18. The molecule has 0 bridgehead atoms. The molecule has 23 heavy (non-hydrogen) atoms. The fourth-order valence-electron chi connectivity index (χ4n) is 3.45. The SMILES string of the molecule is CC(NC(=O)c1cccc2c1CCCN2)C(=O)N1CCCCC1. The first kappa shape index (κ1) is 15.8. The van der Waals surface area contributed by atoms with E-state index in [1.807, 2.05) is 23.1 Å². The van der Waals surface area contributed by atoms with Crippen LogP contribution in [0.5, 0.6) is 0 Å². The molecule has 2 amide bonds. The first-order valence-electron chi connectivity index (χ1n) is 8.62. The molecule has 1 aromatic carbocycles. The Morgan fingerprint density at radius 1 is 1.17 bits per heavy atom. The molecule has 0 radical (unpaired) electrons. The van der Waals surface area contributed by atoms with Gasteiger partial charge in [-0.3, -0.25) is 9.59 Å². The Balaban J connectivity index is 1.68. The highest BCUT2D eigenvalue weighted by molar-refractivity contribution is 5.99. The molecule has 2 heterocycles. The van der Waals surface area contributed by atoms with Gasteiger partial charge in [0.25, 0.3) is 5.91 Å². The Hall–Kier alpha value is -2.04. The maximum Gasteiger partial charge on any atom is 0.252 e. The first-order valence-corrected chi connectivity index (χ1v) is 8.62. The summed E-state index contributed by atoms with van der Waals surface area (Å²) >= 11 is 0. The van der Waals surface area contributed by atoms with Gasteiger partial charge in [0.2, 0.25) is 5.91 Å². The van der Waals surface area contributed by atoms with E-state index >= 15 is 0 Å². The number of likely N-dealkylation sites (tertiary alicyclic amines) is 1. The van der Waals surface area contributed by atoms with Crippen LogP contribution >= 0.6 is 0 Å². The highest BCUT2D eigenvalue weighted by Gasteiger charge is 2.25. The number of amides is 2. The minimum Gasteiger partial charge on any atom is -0.385 e. The number of rotatable bonds is 3. The Bertz CT molecular complexity index is 594. The number of benzene rings is 1. The van der Waals surface area contributed by atoms with E-state index in [0.717, 1.165) is 56.6 Å². The topological polar surface area (TPSA) is 61.4 Å². The third-order valence-corrected chi connectivity index (χ3v) is 4.73. The van der Waals surface area contributed by atoms with E-state index in [0.29, 0.717) is 5.56 Å². The molecule has 5 nitrogen and oxygen atoms in total. The molecule has 124 valence electrons. The van der Waals surface area contributed by atoms with Gasteiger partial charge in [-0.25, -0.2) is 0 Å². The molecule has 1 fully saturated rings. The van der Waals surface area contributed by atoms with Crippen molar-refractivity contribution in [2.45, 2.75) is 45.1 Å². The fourth-order valence-corrected chi connectivity index (χ4v) is 3.45. The number of nitrogens with one attached hydrogen (secondary N) is 2. The first-order chi connectivity index (χ1) is 11.2. The standard InChI is InChI=1S/C18H25N3O2/c1-13(18(23)21-11-3-2-4-12-21)20-17(22)15-7-5-9-16-14(15)8-6-10-19-16/h5,7,9,13,19H,2-4,6,8,10-12H2,1H3,(H,20,22). The second-order valence-corrected chi connectivity index (χ2v) is 6.44. The third kappa shape index (κ3) is 3.49. The lowest BCUT2D eigenvalue weighted by atomic mass is 9.97. The maximum atomic E-state index is 12.6. The summed E-state index contributed by atoms with van der Waals surface area (Å²) in [5, 5.41) is 6.22. The minimum atomic E-state index is -0.479. The largest absolute Gasteiger partial charge is 0.385 e. The lowest BCUT2D eigenvalue weighted by molar-refractivity contribution is -0.133. The van der Waals surface area contributed by atoms with Gasteiger partial charge in [0.1, 0.15) is 6.04 Å². The van der Waals surface area contributed by atoms with Crippen LogP contribution in [-0.4, -0.2) is 42.4 Å². The summed E-state index contributed by atoms with van der Waals surface area (Å²) in [4.78, 5) is 26.9. The van der Waals surface area contributed by atoms with Gasteiger partial charge in [-0.05, 0) is 56.7 Å². The van der Waals surface area contributed by atoms with Crippen LogP contribution in [0.1, 0.15) is 48.5 Å². The van der Waals surface area contributed by atoms with Crippen molar-refractivity contribution in [3.8, 4) is 0 Å². The van der Waals surface area contributed by atoms with Crippen LogP contribution in [0.25, 0.3) is 0 Å². The number of piperidine rings is 1. The van der Waals surface area contributed by atoms with Gasteiger partial charge in [-0.2, -0.15) is 0 Å². The number of hydrogen-bond acceptors (Lipinski definition) is 3. The monoisotopic (exact) mass is 315 g/mol. The quantitative estimate of drug-likeness (QED) is 0.899. The van der Waals surface area contributed by atoms with E-state index in [9.17, 15) is 9.59 Å². The Labute approximate surface area is 137 Å². The second kappa shape index (κ2) is 7.02. The molecule has 0 spiro atoms. The van der Waals surface area contributed by atoms with Crippen molar-refractivity contribution in [1.82, 2.24) is 10.2 Å². The maximum absolute atomic E-state index is 12.6. The van der Waals surface area contributed by atoms with Crippen molar-refractivity contribution in [3.05, 3.63) is 29.3 Å². The van der Waals surface area contributed by atoms with Crippen molar-refractivity contribution in [2.24, 2.45) is 0 Å².